The Hall–Kier alpha value is 0.400. The van der Waals surface area contributed by atoms with Crippen LogP contribution < -0.4 is 0 Å². The second-order valence-corrected chi connectivity index (χ2v) is 7.36. The topological polar surface area (TPSA) is 23.5 Å². The summed E-state index contributed by atoms with van der Waals surface area (Å²) in [4.78, 5) is 2.39. The average Bonchev–Trinajstić information content (AvgIpc) is 2.76. The van der Waals surface area contributed by atoms with Crippen LogP contribution in [0.2, 0.25) is 0 Å². The summed E-state index contributed by atoms with van der Waals surface area (Å²) in [6.45, 7) is 2.00. The molecule has 0 radical (unpaired) electrons. The van der Waals surface area contributed by atoms with E-state index in [1.165, 1.54) is 44.9 Å². The molecule has 18 heavy (non-hydrogen) atoms. The van der Waals surface area contributed by atoms with E-state index in [1.807, 2.05) is 0 Å². The van der Waals surface area contributed by atoms with Crippen molar-refractivity contribution in [1.29, 1.82) is 0 Å². The van der Waals surface area contributed by atoms with E-state index in [2.05, 4.69) is 27.9 Å². The van der Waals surface area contributed by atoms with Crippen LogP contribution in [-0.2, 0) is 0 Å². The molecule has 0 heterocycles. The SMILES string of the molecule is CN(CC1(O)CCCC1)CC1(CBr)CCCCC1. The quantitative estimate of drug-likeness (QED) is 0.784. The molecule has 0 aliphatic heterocycles. The second kappa shape index (κ2) is 6.23. The first kappa shape index (κ1) is 14.8. The van der Waals surface area contributed by atoms with Crippen molar-refractivity contribution in [3.8, 4) is 0 Å². The van der Waals surface area contributed by atoms with Crippen LogP contribution in [0.3, 0.4) is 0 Å². The third-order valence-electron chi connectivity index (χ3n) is 4.90. The van der Waals surface area contributed by atoms with E-state index in [0.29, 0.717) is 5.41 Å². The summed E-state index contributed by atoms with van der Waals surface area (Å²) < 4.78 is 0. The Kier molecular flexibility index (Phi) is 5.13. The van der Waals surface area contributed by atoms with E-state index in [4.69, 9.17) is 0 Å². The molecule has 0 unspecified atom stereocenters. The Labute approximate surface area is 120 Å². The predicted molar refractivity (Wildman–Crippen MR) is 80.2 cm³/mol. The molecule has 3 heteroatoms. The maximum atomic E-state index is 10.5. The fourth-order valence-corrected chi connectivity index (χ4v) is 4.70. The first-order valence-corrected chi connectivity index (χ1v) is 8.67. The molecule has 0 atom stereocenters. The Morgan fingerprint density at radius 1 is 0.944 bits per heavy atom. The van der Waals surface area contributed by atoms with Gasteiger partial charge in [-0.05, 0) is 38.1 Å². The van der Waals surface area contributed by atoms with Crippen molar-refractivity contribution in [2.75, 3.05) is 25.5 Å². The summed E-state index contributed by atoms with van der Waals surface area (Å²) in [6, 6.07) is 0. The van der Waals surface area contributed by atoms with E-state index in [0.717, 1.165) is 31.3 Å². The van der Waals surface area contributed by atoms with Gasteiger partial charge >= 0.3 is 0 Å². The number of hydrogen-bond donors (Lipinski definition) is 1. The summed E-state index contributed by atoms with van der Waals surface area (Å²) in [5, 5.41) is 11.6. The van der Waals surface area contributed by atoms with Crippen LogP contribution in [0.1, 0.15) is 57.8 Å². The average molecular weight is 318 g/mol. The lowest BCUT2D eigenvalue weighted by molar-refractivity contribution is 0.00380. The highest BCUT2D eigenvalue weighted by Gasteiger charge is 2.36. The third-order valence-corrected chi connectivity index (χ3v) is 6.09. The van der Waals surface area contributed by atoms with E-state index in [9.17, 15) is 5.11 Å². The van der Waals surface area contributed by atoms with Gasteiger partial charge in [0.25, 0.3) is 0 Å². The molecule has 0 amide bonds. The van der Waals surface area contributed by atoms with Crippen LogP contribution in [0.15, 0.2) is 0 Å². The molecule has 2 aliphatic rings. The number of likely N-dealkylation sites (N-methyl/N-ethyl adjacent to an activating group) is 1. The molecule has 0 aromatic rings. The van der Waals surface area contributed by atoms with E-state index < -0.39 is 5.60 Å². The summed E-state index contributed by atoms with van der Waals surface area (Å²) in [5.41, 5.74) is 0.0683. The van der Waals surface area contributed by atoms with Crippen LogP contribution in [0.25, 0.3) is 0 Å². The molecule has 0 spiro atoms. The molecule has 1 N–H and O–H groups in total. The Bertz CT molecular complexity index is 257. The fourth-order valence-electron chi connectivity index (χ4n) is 3.96. The van der Waals surface area contributed by atoms with E-state index in [1.54, 1.807) is 0 Å². The fraction of sp³-hybridized carbons (Fsp3) is 1.00. The van der Waals surface area contributed by atoms with Gasteiger partial charge in [-0.25, -0.2) is 0 Å². The minimum absolute atomic E-state index is 0.392. The number of rotatable bonds is 5. The lowest BCUT2D eigenvalue weighted by Gasteiger charge is -2.40. The molecule has 2 saturated carbocycles. The summed E-state index contributed by atoms with van der Waals surface area (Å²) in [6.07, 6.45) is 11.3. The minimum Gasteiger partial charge on any atom is -0.389 e. The van der Waals surface area contributed by atoms with Crippen LogP contribution in [-0.4, -0.2) is 41.1 Å². The summed E-state index contributed by atoms with van der Waals surface area (Å²) in [7, 11) is 2.19. The number of hydrogen-bond acceptors (Lipinski definition) is 2. The van der Waals surface area contributed by atoms with Gasteiger partial charge in [0.1, 0.15) is 0 Å². The molecule has 0 aromatic carbocycles. The predicted octanol–water partition coefficient (Wildman–Crippen LogP) is 3.57. The molecular formula is C15H28BrNO. The van der Waals surface area contributed by atoms with Gasteiger partial charge in [-0.1, -0.05) is 48.0 Å². The molecule has 2 aliphatic carbocycles. The van der Waals surface area contributed by atoms with Crippen molar-refractivity contribution in [1.82, 2.24) is 4.90 Å². The number of nitrogens with zero attached hydrogens (tertiary/aromatic N) is 1. The maximum absolute atomic E-state index is 10.5. The van der Waals surface area contributed by atoms with Crippen molar-refractivity contribution in [2.45, 2.75) is 63.4 Å². The lowest BCUT2D eigenvalue weighted by atomic mass is 9.75. The Balaban J connectivity index is 1.86. The van der Waals surface area contributed by atoms with Gasteiger partial charge < -0.3 is 10.0 Å². The molecule has 2 nitrogen and oxygen atoms in total. The largest absolute Gasteiger partial charge is 0.389 e. The van der Waals surface area contributed by atoms with Crippen molar-refractivity contribution in [3.63, 3.8) is 0 Å². The second-order valence-electron chi connectivity index (χ2n) is 6.80. The molecule has 0 aromatic heterocycles. The van der Waals surface area contributed by atoms with Crippen molar-refractivity contribution in [3.05, 3.63) is 0 Å². The molecule has 106 valence electrons. The zero-order chi connectivity index (χ0) is 13.1. The maximum Gasteiger partial charge on any atom is 0.0774 e. The molecule has 2 rings (SSSR count). The lowest BCUT2D eigenvalue weighted by Crippen LogP contribution is -2.45. The number of halogens is 1. The van der Waals surface area contributed by atoms with Gasteiger partial charge in [-0.15, -0.1) is 0 Å². The van der Waals surface area contributed by atoms with Gasteiger partial charge in [0.2, 0.25) is 0 Å². The Morgan fingerprint density at radius 2 is 1.50 bits per heavy atom. The highest BCUT2D eigenvalue weighted by molar-refractivity contribution is 9.09. The number of alkyl halides is 1. The van der Waals surface area contributed by atoms with Gasteiger partial charge in [0.05, 0.1) is 5.60 Å². The number of aliphatic hydroxyl groups is 1. The van der Waals surface area contributed by atoms with Crippen LogP contribution in [0, 0.1) is 5.41 Å². The highest BCUT2D eigenvalue weighted by atomic mass is 79.9. The molecule has 0 saturated heterocycles. The normalized spacial score (nSPS) is 26.7. The van der Waals surface area contributed by atoms with E-state index >= 15 is 0 Å². The van der Waals surface area contributed by atoms with Crippen molar-refractivity contribution >= 4 is 15.9 Å². The minimum atomic E-state index is -0.392. The van der Waals surface area contributed by atoms with Gasteiger partial charge in [0.15, 0.2) is 0 Å². The molecule has 0 bridgehead atoms. The zero-order valence-corrected chi connectivity index (χ0v) is 13.3. The first-order chi connectivity index (χ1) is 8.58. The van der Waals surface area contributed by atoms with Crippen LogP contribution >= 0.6 is 15.9 Å². The summed E-state index contributed by atoms with van der Waals surface area (Å²) in [5.74, 6) is 0. The van der Waals surface area contributed by atoms with Gasteiger partial charge in [-0.3, -0.25) is 0 Å². The summed E-state index contributed by atoms with van der Waals surface area (Å²) >= 11 is 3.73. The smallest absolute Gasteiger partial charge is 0.0774 e. The third kappa shape index (κ3) is 3.71. The molecular weight excluding hydrogens is 290 g/mol. The first-order valence-electron chi connectivity index (χ1n) is 7.55. The highest BCUT2D eigenvalue weighted by Crippen LogP contribution is 2.39. The van der Waals surface area contributed by atoms with Gasteiger partial charge in [0, 0.05) is 18.4 Å². The Morgan fingerprint density at radius 3 is 2.06 bits per heavy atom. The molecule has 2 fully saturated rings. The van der Waals surface area contributed by atoms with E-state index in [-0.39, 0.29) is 0 Å². The van der Waals surface area contributed by atoms with Crippen molar-refractivity contribution in [2.24, 2.45) is 5.41 Å². The van der Waals surface area contributed by atoms with Crippen LogP contribution in [0.4, 0.5) is 0 Å². The zero-order valence-electron chi connectivity index (χ0n) is 11.8. The van der Waals surface area contributed by atoms with Gasteiger partial charge in [-0.2, -0.15) is 0 Å². The van der Waals surface area contributed by atoms with Crippen molar-refractivity contribution < 1.29 is 5.11 Å². The monoisotopic (exact) mass is 317 g/mol. The standard InChI is InChI=1S/C15H28BrNO/c1-17(13-15(18)9-5-6-10-15)12-14(11-16)7-3-2-4-8-14/h18H,2-13H2,1H3. The van der Waals surface area contributed by atoms with Crippen LogP contribution in [0.5, 0.6) is 0 Å².